The molecule has 0 bridgehead atoms. The maximum absolute atomic E-state index is 13.1. The lowest BCUT2D eigenvalue weighted by Crippen LogP contribution is -2.46. The van der Waals surface area contributed by atoms with Crippen LogP contribution in [0.4, 0.5) is 26.3 Å². The first-order valence-electron chi connectivity index (χ1n) is 9.41. The van der Waals surface area contributed by atoms with Crippen LogP contribution in [0.15, 0.2) is 23.9 Å². The molecular formula is C20H18F6N4O2. The molecule has 0 unspecified atom stereocenters. The summed E-state index contributed by atoms with van der Waals surface area (Å²) in [6.45, 7) is 3.38. The van der Waals surface area contributed by atoms with Gasteiger partial charge in [-0.05, 0) is 35.8 Å². The van der Waals surface area contributed by atoms with Crippen LogP contribution in [-0.2, 0) is 28.4 Å². The molecule has 1 aliphatic rings. The molecular weight excluding hydrogens is 442 g/mol. The minimum Gasteiger partial charge on any atom is -0.345 e. The normalized spacial score (nSPS) is 16.5. The van der Waals surface area contributed by atoms with Gasteiger partial charge in [-0.2, -0.15) is 26.3 Å². The van der Waals surface area contributed by atoms with Gasteiger partial charge in [-0.3, -0.25) is 9.59 Å². The Labute approximate surface area is 178 Å². The van der Waals surface area contributed by atoms with E-state index in [1.807, 2.05) is 0 Å². The Morgan fingerprint density at radius 2 is 1.62 bits per heavy atom. The molecule has 1 aliphatic heterocycles. The van der Waals surface area contributed by atoms with E-state index in [0.29, 0.717) is 17.8 Å². The van der Waals surface area contributed by atoms with Crippen molar-refractivity contribution in [3.63, 3.8) is 0 Å². The molecule has 0 radical (unpaired) electrons. The van der Waals surface area contributed by atoms with Gasteiger partial charge in [0.2, 0.25) is 5.91 Å². The predicted octanol–water partition coefficient (Wildman–Crippen LogP) is 3.75. The molecule has 0 saturated carbocycles. The van der Waals surface area contributed by atoms with Crippen LogP contribution in [0.2, 0.25) is 0 Å². The maximum atomic E-state index is 13.1. The van der Waals surface area contributed by atoms with Gasteiger partial charge < -0.3 is 15.6 Å². The van der Waals surface area contributed by atoms with Crippen LogP contribution in [0.25, 0.3) is 6.08 Å². The molecule has 1 saturated heterocycles. The topological polar surface area (TPSA) is 86.9 Å². The number of piperazine rings is 1. The highest BCUT2D eigenvalue weighted by Crippen LogP contribution is 2.36. The Hall–Kier alpha value is -3.31. The second-order valence-electron chi connectivity index (χ2n) is 7.52. The third-order valence-corrected chi connectivity index (χ3v) is 4.62. The van der Waals surface area contributed by atoms with E-state index in [1.54, 1.807) is 13.8 Å². The van der Waals surface area contributed by atoms with Crippen molar-refractivity contribution in [1.82, 2.24) is 20.6 Å². The highest BCUT2D eigenvalue weighted by Gasteiger charge is 2.37. The van der Waals surface area contributed by atoms with E-state index in [-0.39, 0.29) is 47.7 Å². The van der Waals surface area contributed by atoms with Gasteiger partial charge in [0.05, 0.1) is 23.4 Å². The molecule has 0 spiro atoms. The van der Waals surface area contributed by atoms with Crippen molar-refractivity contribution in [1.29, 1.82) is 0 Å². The maximum Gasteiger partial charge on any atom is 0.416 e. The zero-order valence-electron chi connectivity index (χ0n) is 16.8. The van der Waals surface area contributed by atoms with Crippen LogP contribution in [-0.4, -0.2) is 28.3 Å². The van der Waals surface area contributed by atoms with Crippen molar-refractivity contribution in [3.8, 4) is 0 Å². The molecule has 12 heteroatoms. The second kappa shape index (κ2) is 8.32. The zero-order valence-corrected chi connectivity index (χ0v) is 16.8. The van der Waals surface area contributed by atoms with E-state index >= 15 is 0 Å². The van der Waals surface area contributed by atoms with Gasteiger partial charge >= 0.3 is 12.4 Å². The predicted molar refractivity (Wildman–Crippen MR) is 101 cm³/mol. The SMILES string of the molecule is CC(C)c1[nH]c(Cc2cc(C(F)(F)F)cc(C(F)(F)F)c2)nc1C=C1NC(=O)CNC1=O. The summed E-state index contributed by atoms with van der Waals surface area (Å²) in [4.78, 5) is 30.6. The molecule has 32 heavy (non-hydrogen) atoms. The summed E-state index contributed by atoms with van der Waals surface area (Å²) < 4.78 is 78.6. The van der Waals surface area contributed by atoms with E-state index in [0.717, 1.165) is 0 Å². The summed E-state index contributed by atoms with van der Waals surface area (Å²) in [5.41, 5.74) is -2.39. The van der Waals surface area contributed by atoms with E-state index in [9.17, 15) is 35.9 Å². The monoisotopic (exact) mass is 460 g/mol. The van der Waals surface area contributed by atoms with Crippen molar-refractivity contribution < 1.29 is 35.9 Å². The number of alkyl halides is 6. The smallest absolute Gasteiger partial charge is 0.345 e. The van der Waals surface area contributed by atoms with Gasteiger partial charge in [0.25, 0.3) is 5.91 Å². The average molecular weight is 460 g/mol. The number of hydrogen-bond acceptors (Lipinski definition) is 3. The van der Waals surface area contributed by atoms with E-state index in [1.165, 1.54) is 6.08 Å². The Morgan fingerprint density at radius 3 is 2.16 bits per heavy atom. The van der Waals surface area contributed by atoms with E-state index < -0.39 is 35.3 Å². The number of rotatable bonds is 4. The molecule has 1 aromatic heterocycles. The first kappa shape index (κ1) is 23.4. The summed E-state index contributed by atoms with van der Waals surface area (Å²) in [5, 5.41) is 4.76. The molecule has 0 aliphatic carbocycles. The lowest BCUT2D eigenvalue weighted by molar-refractivity contribution is -0.143. The van der Waals surface area contributed by atoms with Crippen molar-refractivity contribution >= 4 is 17.9 Å². The Kier molecular flexibility index (Phi) is 6.07. The molecule has 2 aromatic rings. The average Bonchev–Trinajstić information content (AvgIpc) is 3.05. The van der Waals surface area contributed by atoms with Gasteiger partial charge in [-0.15, -0.1) is 0 Å². The molecule has 3 N–H and O–H groups in total. The zero-order chi connectivity index (χ0) is 23.8. The van der Waals surface area contributed by atoms with E-state index in [2.05, 4.69) is 20.6 Å². The van der Waals surface area contributed by atoms with Crippen LogP contribution in [0.1, 0.15) is 53.7 Å². The summed E-state index contributed by atoms with van der Waals surface area (Å²) in [6, 6.07) is 1.34. The number of imidazole rings is 1. The number of carbonyl (C=O) groups excluding carboxylic acids is 2. The van der Waals surface area contributed by atoms with Crippen LogP contribution in [0, 0.1) is 0 Å². The van der Waals surface area contributed by atoms with Gasteiger partial charge in [0, 0.05) is 12.1 Å². The number of amides is 2. The largest absolute Gasteiger partial charge is 0.416 e. The van der Waals surface area contributed by atoms with Crippen LogP contribution < -0.4 is 10.6 Å². The Bertz CT molecular complexity index is 1050. The lowest BCUT2D eigenvalue weighted by atomic mass is 10.0. The van der Waals surface area contributed by atoms with Crippen molar-refractivity contribution in [2.45, 2.75) is 38.5 Å². The molecule has 2 heterocycles. The molecule has 2 amide bonds. The molecule has 6 nitrogen and oxygen atoms in total. The number of benzene rings is 1. The number of aromatic amines is 1. The Morgan fingerprint density at radius 1 is 1.03 bits per heavy atom. The number of carbonyl (C=O) groups is 2. The highest BCUT2D eigenvalue weighted by molar-refractivity contribution is 6.05. The minimum absolute atomic E-state index is 0.0609. The van der Waals surface area contributed by atoms with Crippen LogP contribution in [0.5, 0.6) is 0 Å². The van der Waals surface area contributed by atoms with Crippen molar-refractivity contribution in [3.05, 3.63) is 57.8 Å². The standard InChI is InChI=1S/C20H18F6N4O2/c1-9(2)17-13(7-14-18(32)27-8-16(31)29-14)28-15(30-17)5-10-3-11(19(21,22)23)6-12(4-10)20(24,25)26/h3-4,6-7,9H,5,8H2,1-2H3,(H,27,32)(H,28,30)(H,29,31). The summed E-state index contributed by atoms with van der Waals surface area (Å²) >= 11 is 0. The first-order valence-corrected chi connectivity index (χ1v) is 9.41. The molecule has 172 valence electrons. The third-order valence-electron chi connectivity index (χ3n) is 4.62. The van der Waals surface area contributed by atoms with Crippen molar-refractivity contribution in [2.24, 2.45) is 0 Å². The second-order valence-corrected chi connectivity index (χ2v) is 7.52. The fourth-order valence-electron chi connectivity index (χ4n) is 3.15. The van der Waals surface area contributed by atoms with Gasteiger partial charge in [0.1, 0.15) is 11.5 Å². The quantitative estimate of drug-likeness (QED) is 0.480. The van der Waals surface area contributed by atoms with Gasteiger partial charge in [-0.25, -0.2) is 4.98 Å². The van der Waals surface area contributed by atoms with E-state index in [4.69, 9.17) is 0 Å². The first-order chi connectivity index (χ1) is 14.7. The third kappa shape index (κ3) is 5.29. The summed E-state index contributed by atoms with van der Waals surface area (Å²) in [5.74, 6) is -1.05. The number of halogens is 6. The van der Waals surface area contributed by atoms with Gasteiger partial charge in [-0.1, -0.05) is 13.8 Å². The number of aromatic nitrogens is 2. The van der Waals surface area contributed by atoms with Crippen molar-refractivity contribution in [2.75, 3.05) is 6.54 Å². The summed E-state index contributed by atoms with van der Waals surface area (Å²) in [6.07, 6.45) is -8.95. The van der Waals surface area contributed by atoms with Crippen LogP contribution >= 0.6 is 0 Å². The number of H-pyrrole nitrogens is 1. The molecule has 0 atom stereocenters. The number of nitrogens with one attached hydrogen (secondary N) is 3. The fourth-order valence-corrected chi connectivity index (χ4v) is 3.15. The Balaban J connectivity index is 2.01. The minimum atomic E-state index is -4.95. The molecule has 3 rings (SSSR count). The number of hydrogen-bond donors (Lipinski definition) is 3. The molecule has 1 aromatic carbocycles. The fraction of sp³-hybridized carbons (Fsp3) is 0.350. The highest BCUT2D eigenvalue weighted by atomic mass is 19.4. The van der Waals surface area contributed by atoms with Crippen LogP contribution in [0.3, 0.4) is 0 Å². The number of nitrogens with zero attached hydrogens (tertiary/aromatic N) is 1. The van der Waals surface area contributed by atoms with Gasteiger partial charge in [0.15, 0.2) is 0 Å². The molecule has 1 fully saturated rings. The summed E-state index contributed by atoms with van der Waals surface area (Å²) in [7, 11) is 0. The lowest BCUT2D eigenvalue weighted by Gasteiger charge is -2.15.